The van der Waals surface area contributed by atoms with Crippen molar-refractivity contribution in [2.24, 2.45) is 5.92 Å². The first-order chi connectivity index (χ1) is 7.65. The van der Waals surface area contributed by atoms with Crippen molar-refractivity contribution in [1.82, 2.24) is 9.97 Å². The van der Waals surface area contributed by atoms with Crippen LogP contribution in [0.4, 0.5) is 0 Å². The highest BCUT2D eigenvalue weighted by atomic mass is 16.1. The third-order valence-electron chi connectivity index (χ3n) is 3.19. The maximum atomic E-state index is 11.6. The molecule has 3 nitrogen and oxygen atoms in total. The van der Waals surface area contributed by atoms with Gasteiger partial charge in [0.1, 0.15) is 5.82 Å². The fraction of sp³-hybridized carbons (Fsp3) is 0.692. The van der Waals surface area contributed by atoms with E-state index in [4.69, 9.17) is 0 Å². The Morgan fingerprint density at radius 2 is 2.12 bits per heavy atom. The minimum absolute atomic E-state index is 0.00699. The molecule has 1 saturated carbocycles. The maximum Gasteiger partial charge on any atom is 0.251 e. The van der Waals surface area contributed by atoms with Crippen LogP contribution >= 0.6 is 0 Å². The van der Waals surface area contributed by atoms with E-state index in [0.717, 1.165) is 17.9 Å². The minimum Gasteiger partial charge on any atom is -0.311 e. The molecule has 1 aromatic rings. The summed E-state index contributed by atoms with van der Waals surface area (Å²) in [6.45, 7) is 4.28. The summed E-state index contributed by atoms with van der Waals surface area (Å²) in [4.78, 5) is 19.0. The van der Waals surface area contributed by atoms with E-state index in [1.807, 2.05) is 0 Å². The molecule has 1 aromatic heterocycles. The lowest BCUT2D eigenvalue weighted by atomic mass is 10.0. The van der Waals surface area contributed by atoms with Gasteiger partial charge in [-0.2, -0.15) is 0 Å². The van der Waals surface area contributed by atoms with Crippen LogP contribution in [0.2, 0.25) is 0 Å². The molecule has 0 radical (unpaired) electrons. The second kappa shape index (κ2) is 4.81. The Labute approximate surface area is 96.3 Å². The molecule has 0 aromatic carbocycles. The quantitative estimate of drug-likeness (QED) is 0.851. The molecule has 1 aliphatic carbocycles. The highest BCUT2D eigenvalue weighted by molar-refractivity contribution is 5.10. The zero-order valence-corrected chi connectivity index (χ0v) is 10.1. The van der Waals surface area contributed by atoms with E-state index < -0.39 is 0 Å². The average molecular weight is 220 g/mol. The topological polar surface area (TPSA) is 45.8 Å². The monoisotopic (exact) mass is 220 g/mol. The molecule has 0 aliphatic heterocycles. The van der Waals surface area contributed by atoms with E-state index in [1.54, 1.807) is 6.07 Å². The van der Waals surface area contributed by atoms with Gasteiger partial charge in [-0.25, -0.2) is 4.98 Å². The van der Waals surface area contributed by atoms with Crippen LogP contribution in [0.3, 0.4) is 0 Å². The van der Waals surface area contributed by atoms with E-state index in [0.29, 0.717) is 11.8 Å². The Morgan fingerprint density at radius 1 is 1.44 bits per heavy atom. The highest BCUT2D eigenvalue weighted by Gasteiger charge is 2.19. The zero-order valence-electron chi connectivity index (χ0n) is 10.1. The summed E-state index contributed by atoms with van der Waals surface area (Å²) in [6.07, 6.45) is 5.79. The van der Waals surface area contributed by atoms with Crippen LogP contribution in [0, 0.1) is 5.92 Å². The molecule has 0 amide bonds. The second-order valence-electron chi connectivity index (χ2n) is 5.20. The van der Waals surface area contributed by atoms with Gasteiger partial charge in [-0.05, 0) is 18.8 Å². The van der Waals surface area contributed by atoms with Gasteiger partial charge in [-0.1, -0.05) is 26.7 Å². The summed E-state index contributed by atoms with van der Waals surface area (Å²) < 4.78 is 0. The highest BCUT2D eigenvalue weighted by Crippen LogP contribution is 2.32. The fourth-order valence-electron chi connectivity index (χ4n) is 2.44. The third-order valence-corrected chi connectivity index (χ3v) is 3.19. The summed E-state index contributed by atoms with van der Waals surface area (Å²) in [5.74, 6) is 1.90. The van der Waals surface area contributed by atoms with Crippen LogP contribution in [0.15, 0.2) is 10.9 Å². The summed E-state index contributed by atoms with van der Waals surface area (Å²) in [7, 11) is 0. The Kier molecular flexibility index (Phi) is 3.42. The smallest absolute Gasteiger partial charge is 0.251 e. The number of nitrogens with one attached hydrogen (secondary N) is 1. The number of aromatic amines is 1. The van der Waals surface area contributed by atoms with Gasteiger partial charge in [0.05, 0.1) is 5.69 Å². The van der Waals surface area contributed by atoms with Gasteiger partial charge >= 0.3 is 0 Å². The second-order valence-corrected chi connectivity index (χ2v) is 5.20. The van der Waals surface area contributed by atoms with E-state index in [9.17, 15) is 4.79 Å². The first-order valence-electron chi connectivity index (χ1n) is 6.25. The van der Waals surface area contributed by atoms with E-state index in [2.05, 4.69) is 23.8 Å². The summed E-state index contributed by atoms with van der Waals surface area (Å²) >= 11 is 0. The van der Waals surface area contributed by atoms with Gasteiger partial charge in [0, 0.05) is 18.4 Å². The standard InChI is InChI=1S/C13H20N2O/c1-9(2)7-12-14-11(8-13(16)15-12)10-5-3-4-6-10/h8-10H,3-7H2,1-2H3,(H,14,15,16). The third kappa shape index (κ3) is 2.71. The molecule has 0 unspecified atom stereocenters. The SMILES string of the molecule is CC(C)Cc1nc(C2CCCC2)cc(=O)[nH]1. The van der Waals surface area contributed by atoms with Crippen molar-refractivity contribution in [1.29, 1.82) is 0 Å². The number of nitrogens with zero attached hydrogens (tertiary/aromatic N) is 1. The summed E-state index contributed by atoms with van der Waals surface area (Å²) in [5.41, 5.74) is 1.02. The number of H-pyrrole nitrogens is 1. The lowest BCUT2D eigenvalue weighted by Gasteiger charge is -2.10. The first kappa shape index (κ1) is 11.4. The number of aromatic nitrogens is 2. The molecule has 1 aliphatic rings. The molecule has 3 heteroatoms. The largest absolute Gasteiger partial charge is 0.311 e. The molecule has 88 valence electrons. The first-order valence-corrected chi connectivity index (χ1v) is 6.25. The molecular weight excluding hydrogens is 200 g/mol. The zero-order chi connectivity index (χ0) is 11.5. The van der Waals surface area contributed by atoms with E-state index in [1.165, 1.54) is 25.7 Å². The predicted octanol–water partition coefficient (Wildman–Crippen LogP) is 2.63. The Morgan fingerprint density at radius 3 is 2.75 bits per heavy atom. The minimum atomic E-state index is 0.00699. The molecule has 0 spiro atoms. The van der Waals surface area contributed by atoms with Crippen LogP contribution in [0.5, 0.6) is 0 Å². The predicted molar refractivity (Wildman–Crippen MR) is 64.6 cm³/mol. The van der Waals surface area contributed by atoms with Gasteiger partial charge in [-0.3, -0.25) is 4.79 Å². The van der Waals surface area contributed by atoms with Gasteiger partial charge in [0.2, 0.25) is 0 Å². The van der Waals surface area contributed by atoms with Crippen molar-refractivity contribution < 1.29 is 0 Å². The van der Waals surface area contributed by atoms with Crippen LogP contribution in [0.25, 0.3) is 0 Å². The molecular formula is C13H20N2O. The van der Waals surface area contributed by atoms with Crippen molar-refractivity contribution in [3.8, 4) is 0 Å². The van der Waals surface area contributed by atoms with Gasteiger partial charge < -0.3 is 4.98 Å². The summed E-state index contributed by atoms with van der Waals surface area (Å²) in [6, 6.07) is 1.68. The molecule has 0 atom stereocenters. The molecule has 16 heavy (non-hydrogen) atoms. The van der Waals surface area contributed by atoms with E-state index >= 15 is 0 Å². The van der Waals surface area contributed by atoms with E-state index in [-0.39, 0.29) is 5.56 Å². The Bertz CT molecular complexity index is 403. The van der Waals surface area contributed by atoms with Crippen molar-refractivity contribution in [2.75, 3.05) is 0 Å². The molecule has 0 bridgehead atoms. The fourth-order valence-corrected chi connectivity index (χ4v) is 2.44. The number of hydrogen-bond donors (Lipinski definition) is 1. The van der Waals surface area contributed by atoms with Crippen molar-refractivity contribution in [3.63, 3.8) is 0 Å². The van der Waals surface area contributed by atoms with Gasteiger partial charge in [-0.15, -0.1) is 0 Å². The van der Waals surface area contributed by atoms with Crippen molar-refractivity contribution in [2.45, 2.75) is 51.9 Å². The maximum absolute atomic E-state index is 11.6. The van der Waals surface area contributed by atoms with Crippen LogP contribution < -0.4 is 5.56 Å². The summed E-state index contributed by atoms with van der Waals surface area (Å²) in [5, 5.41) is 0. The Balaban J connectivity index is 2.24. The van der Waals surface area contributed by atoms with Gasteiger partial charge in [0.15, 0.2) is 0 Å². The number of rotatable bonds is 3. The molecule has 2 rings (SSSR count). The molecule has 0 saturated heterocycles. The number of hydrogen-bond acceptors (Lipinski definition) is 2. The molecule has 1 N–H and O–H groups in total. The molecule has 1 fully saturated rings. The van der Waals surface area contributed by atoms with Crippen LogP contribution in [-0.2, 0) is 6.42 Å². The normalized spacial score (nSPS) is 17.2. The van der Waals surface area contributed by atoms with Gasteiger partial charge in [0.25, 0.3) is 5.56 Å². The Hall–Kier alpha value is -1.12. The molecule has 1 heterocycles. The lowest BCUT2D eigenvalue weighted by molar-refractivity contribution is 0.604. The average Bonchev–Trinajstić information content (AvgIpc) is 2.67. The van der Waals surface area contributed by atoms with Crippen LogP contribution in [0.1, 0.15) is 57.0 Å². The van der Waals surface area contributed by atoms with Crippen LogP contribution in [-0.4, -0.2) is 9.97 Å². The van der Waals surface area contributed by atoms with Crippen molar-refractivity contribution in [3.05, 3.63) is 27.9 Å². The van der Waals surface area contributed by atoms with Crippen molar-refractivity contribution >= 4 is 0 Å². The lowest BCUT2D eigenvalue weighted by Crippen LogP contribution is -2.15.